The number of rotatable bonds is 2. The van der Waals surface area contributed by atoms with Crippen molar-refractivity contribution in [1.29, 1.82) is 0 Å². The van der Waals surface area contributed by atoms with E-state index in [0.717, 1.165) is 29.2 Å². The van der Waals surface area contributed by atoms with Crippen LogP contribution in [-0.2, 0) is 10.2 Å². The van der Waals surface area contributed by atoms with Crippen LogP contribution in [0.5, 0.6) is 0 Å². The number of H-pyrrole nitrogens is 1. The summed E-state index contributed by atoms with van der Waals surface area (Å²) in [4.78, 5) is 15.6. The van der Waals surface area contributed by atoms with Gasteiger partial charge in [-0.05, 0) is 31.4 Å². The number of hydrogen-bond acceptors (Lipinski definition) is 5. The fourth-order valence-electron chi connectivity index (χ4n) is 3.93. The first-order chi connectivity index (χ1) is 13.2. The lowest BCUT2D eigenvalue weighted by Crippen LogP contribution is -2.29. The van der Waals surface area contributed by atoms with Gasteiger partial charge in [0.2, 0.25) is 0 Å². The molecule has 0 amide bonds. The summed E-state index contributed by atoms with van der Waals surface area (Å²) in [6.07, 6.45) is 8.70. The second-order valence-electron chi connectivity index (χ2n) is 6.51. The maximum absolute atomic E-state index is 8.00. The molecule has 1 fully saturated rings. The molecule has 4 rings (SSSR count). The van der Waals surface area contributed by atoms with E-state index in [4.69, 9.17) is 10.5 Å². The summed E-state index contributed by atoms with van der Waals surface area (Å²) in [6.45, 7) is 13.3. The van der Waals surface area contributed by atoms with Gasteiger partial charge < -0.3 is 15.5 Å². The molecule has 0 spiro atoms. The van der Waals surface area contributed by atoms with Crippen molar-refractivity contribution < 1.29 is 7.65 Å². The maximum Gasteiger partial charge on any atom is 0.179 e. The van der Waals surface area contributed by atoms with Crippen LogP contribution < -0.4 is 5.73 Å². The minimum atomic E-state index is 0. The summed E-state index contributed by atoms with van der Waals surface area (Å²) >= 11 is 0. The largest absolute Gasteiger partial charge is 0.345 e. The zero-order chi connectivity index (χ0) is 20.4. The quantitative estimate of drug-likeness (QED) is 0.689. The highest BCUT2D eigenvalue weighted by Crippen LogP contribution is 2.46. The van der Waals surface area contributed by atoms with E-state index in [9.17, 15) is 0 Å². The van der Waals surface area contributed by atoms with Crippen molar-refractivity contribution >= 4 is 23.6 Å². The predicted molar refractivity (Wildman–Crippen MR) is 115 cm³/mol. The van der Waals surface area contributed by atoms with Crippen molar-refractivity contribution in [3.8, 4) is 0 Å². The van der Waals surface area contributed by atoms with Crippen LogP contribution >= 0.6 is 0 Å². The van der Waals surface area contributed by atoms with Gasteiger partial charge in [0, 0.05) is 14.5 Å². The Hall–Kier alpha value is -2.28. The molecule has 7 nitrogen and oxygen atoms in total. The van der Waals surface area contributed by atoms with Crippen molar-refractivity contribution in [1.82, 2.24) is 24.6 Å². The van der Waals surface area contributed by atoms with Crippen LogP contribution in [0.15, 0.2) is 18.5 Å². The molecular weight excluding hydrogens is 340 g/mol. The van der Waals surface area contributed by atoms with E-state index in [1.807, 2.05) is 33.8 Å². The van der Waals surface area contributed by atoms with E-state index >= 15 is 0 Å². The first-order valence-corrected chi connectivity index (χ1v) is 9.82. The third kappa shape index (κ3) is 4.35. The van der Waals surface area contributed by atoms with Crippen LogP contribution in [0.3, 0.4) is 0 Å². The number of aromatic amines is 1. The first kappa shape index (κ1) is 22.8. The van der Waals surface area contributed by atoms with Crippen LogP contribution in [0.4, 0.5) is 0 Å². The summed E-state index contributed by atoms with van der Waals surface area (Å²) in [5, 5.41) is 8.88. The molecule has 1 aliphatic rings. The Morgan fingerprint density at radius 2 is 2.04 bits per heavy atom. The van der Waals surface area contributed by atoms with E-state index in [2.05, 4.69) is 44.5 Å². The molecular formula is C20H38N6O. The van der Waals surface area contributed by atoms with E-state index in [1.54, 1.807) is 6.20 Å². The number of aromatic nitrogens is 5. The molecule has 3 aromatic rings. The lowest BCUT2D eigenvalue weighted by molar-refractivity contribution is -0.0979. The van der Waals surface area contributed by atoms with E-state index < -0.39 is 0 Å². The van der Waals surface area contributed by atoms with Crippen molar-refractivity contribution in [2.75, 3.05) is 6.54 Å². The number of hydrogen-bond donors (Lipinski definition) is 2. The standard InChI is InChI=1S/C15H19N5.C2H7N.C2H6.CH2O.2H2/c1-3-10-5-4-7-15(10,2)14-19-18-12-9-17-13-11(20(12)14)6-8-16-13;1-2-3;2*1-2;;/h6,8-10,16H,3-5,7H2,1-2H3;2-3H2,1H3;1-2H3;1H2;2*1H/t10-,15+;;;;;/m1...../s1. The summed E-state index contributed by atoms with van der Waals surface area (Å²) in [7, 11) is 0. The Labute approximate surface area is 164 Å². The predicted octanol–water partition coefficient (Wildman–Crippen LogP) is 4.37. The van der Waals surface area contributed by atoms with Gasteiger partial charge in [-0.1, -0.05) is 47.5 Å². The van der Waals surface area contributed by atoms with Crippen molar-refractivity contribution in [3.63, 3.8) is 0 Å². The van der Waals surface area contributed by atoms with Crippen molar-refractivity contribution in [2.45, 2.75) is 65.7 Å². The number of nitrogens with one attached hydrogen (secondary N) is 1. The summed E-state index contributed by atoms with van der Waals surface area (Å²) in [5.74, 6) is 1.79. The summed E-state index contributed by atoms with van der Waals surface area (Å²) in [5.41, 5.74) is 7.79. The third-order valence-corrected chi connectivity index (χ3v) is 5.10. The van der Waals surface area contributed by atoms with E-state index in [1.165, 1.54) is 25.7 Å². The average Bonchev–Trinajstić information content (AvgIpc) is 3.42. The molecule has 0 unspecified atom stereocenters. The summed E-state index contributed by atoms with van der Waals surface area (Å²) in [6, 6.07) is 2.06. The zero-order valence-corrected chi connectivity index (χ0v) is 17.3. The molecule has 154 valence electrons. The average molecular weight is 379 g/mol. The highest BCUT2D eigenvalue weighted by molar-refractivity contribution is 5.74. The molecule has 3 heterocycles. The Morgan fingerprint density at radius 3 is 2.67 bits per heavy atom. The van der Waals surface area contributed by atoms with Gasteiger partial charge in [0.1, 0.15) is 12.6 Å². The minimum absolute atomic E-state index is 0. The molecule has 0 radical (unpaired) electrons. The second kappa shape index (κ2) is 10.8. The van der Waals surface area contributed by atoms with Gasteiger partial charge in [0.05, 0.1) is 11.7 Å². The van der Waals surface area contributed by atoms with Crippen molar-refractivity contribution in [2.24, 2.45) is 11.7 Å². The number of carbonyl (C=O) groups excluding carboxylic acids is 1. The van der Waals surface area contributed by atoms with Gasteiger partial charge in [0.15, 0.2) is 11.3 Å². The van der Waals surface area contributed by atoms with Gasteiger partial charge >= 0.3 is 0 Å². The number of nitrogens with two attached hydrogens (primary N) is 1. The van der Waals surface area contributed by atoms with E-state index in [0.29, 0.717) is 5.92 Å². The Morgan fingerprint density at radius 1 is 1.37 bits per heavy atom. The molecule has 7 heteroatoms. The molecule has 0 aliphatic heterocycles. The van der Waals surface area contributed by atoms with Crippen LogP contribution in [0.25, 0.3) is 16.8 Å². The van der Waals surface area contributed by atoms with Crippen LogP contribution in [0, 0.1) is 5.92 Å². The Bertz CT molecular complexity index is 822. The topological polar surface area (TPSA) is 102 Å². The molecule has 27 heavy (non-hydrogen) atoms. The number of fused-ring (bicyclic) bond motifs is 3. The zero-order valence-electron chi connectivity index (χ0n) is 17.3. The smallest absolute Gasteiger partial charge is 0.179 e. The Kier molecular flexibility index (Phi) is 9.08. The monoisotopic (exact) mass is 378 g/mol. The highest BCUT2D eigenvalue weighted by atomic mass is 16.1. The highest BCUT2D eigenvalue weighted by Gasteiger charge is 2.42. The number of carbonyl (C=O) groups is 1. The van der Waals surface area contributed by atoms with Gasteiger partial charge in [0.25, 0.3) is 0 Å². The van der Waals surface area contributed by atoms with Crippen LogP contribution in [0.2, 0.25) is 0 Å². The Balaban J connectivity index is 0. The minimum Gasteiger partial charge on any atom is -0.345 e. The van der Waals surface area contributed by atoms with Gasteiger partial charge in [-0.2, -0.15) is 0 Å². The second-order valence-corrected chi connectivity index (χ2v) is 6.51. The summed E-state index contributed by atoms with van der Waals surface area (Å²) < 4.78 is 2.19. The molecule has 0 bridgehead atoms. The first-order valence-electron chi connectivity index (χ1n) is 9.82. The fraction of sp³-hybridized carbons (Fsp3) is 0.600. The molecule has 1 aliphatic carbocycles. The molecule has 1 saturated carbocycles. The lowest BCUT2D eigenvalue weighted by atomic mass is 9.77. The number of nitrogens with zero attached hydrogens (tertiary/aromatic N) is 4. The maximum atomic E-state index is 8.00. The molecule has 2 atom stereocenters. The molecule has 3 N–H and O–H groups in total. The van der Waals surface area contributed by atoms with Gasteiger partial charge in [-0.3, -0.25) is 4.40 Å². The molecule has 0 aromatic carbocycles. The SMILES string of the molecule is C=O.CC.CCN.CC[C@@H]1CCC[C@]1(C)c1nnc2cnc3[nH]ccc3n12.[HH].[HH]. The molecule has 3 aromatic heterocycles. The van der Waals surface area contributed by atoms with Gasteiger partial charge in [-0.25, -0.2) is 4.98 Å². The van der Waals surface area contributed by atoms with Crippen molar-refractivity contribution in [3.05, 3.63) is 24.3 Å². The van der Waals surface area contributed by atoms with Crippen LogP contribution in [0.1, 0.15) is 69.0 Å². The molecule has 0 saturated heterocycles. The van der Waals surface area contributed by atoms with E-state index in [-0.39, 0.29) is 8.27 Å². The third-order valence-electron chi connectivity index (χ3n) is 5.10. The van der Waals surface area contributed by atoms with Gasteiger partial charge in [-0.15, -0.1) is 10.2 Å². The normalized spacial score (nSPS) is 20.9. The fourth-order valence-corrected chi connectivity index (χ4v) is 3.93. The van der Waals surface area contributed by atoms with Crippen LogP contribution in [-0.4, -0.2) is 37.9 Å². The lowest BCUT2D eigenvalue weighted by Gasteiger charge is -2.29.